The number of hydrogen-bond donors (Lipinski definition) is 7. The number of ether oxygens (including phenoxy) is 6. The lowest BCUT2D eigenvalue weighted by Crippen LogP contribution is -2.61. The van der Waals surface area contributed by atoms with E-state index in [1.54, 1.807) is 0 Å². The van der Waals surface area contributed by atoms with Crippen molar-refractivity contribution in [1.82, 2.24) is 0 Å². The number of carbonyl (C=O) groups excluding carboxylic acids is 2. The van der Waals surface area contributed by atoms with Crippen LogP contribution in [0.2, 0.25) is 0 Å². The molecule has 2 aliphatic heterocycles. The zero-order valence-electron chi connectivity index (χ0n) is 42.1. The maximum absolute atomic E-state index is 13.0. The summed E-state index contributed by atoms with van der Waals surface area (Å²) in [7, 11) is 0. The summed E-state index contributed by atoms with van der Waals surface area (Å²) in [5.41, 5.74) is 0. The fraction of sp³-hybridized carbons (Fsp3) is 0.887. The first kappa shape index (κ1) is 62.1. The van der Waals surface area contributed by atoms with Gasteiger partial charge in [-0.25, -0.2) is 0 Å². The Labute approximate surface area is 409 Å². The Bertz CT molecular complexity index is 1280. The number of rotatable bonds is 42. The second-order valence-electron chi connectivity index (χ2n) is 19.1. The molecule has 15 heteroatoms. The number of carbonyl (C=O) groups is 2. The molecule has 0 bridgehead atoms. The fourth-order valence-electron chi connectivity index (χ4n) is 8.48. The lowest BCUT2D eigenvalue weighted by atomic mass is 9.98. The van der Waals surface area contributed by atoms with Crippen LogP contribution in [0.5, 0.6) is 0 Å². The molecular weight excluding hydrogens is 877 g/mol. The van der Waals surface area contributed by atoms with Gasteiger partial charge in [0.1, 0.15) is 55.4 Å². The highest BCUT2D eigenvalue weighted by molar-refractivity contribution is 5.70. The molecule has 0 spiro atoms. The quantitative estimate of drug-likeness (QED) is 0.0175. The van der Waals surface area contributed by atoms with Crippen LogP contribution in [0.1, 0.15) is 206 Å². The number of aliphatic hydroxyl groups excluding tert-OH is 7. The van der Waals surface area contributed by atoms with E-state index in [1.165, 1.54) is 103 Å². The zero-order valence-corrected chi connectivity index (χ0v) is 42.1. The Morgan fingerprint density at radius 2 is 0.882 bits per heavy atom. The highest BCUT2D eigenvalue weighted by Crippen LogP contribution is 2.26. The second-order valence-corrected chi connectivity index (χ2v) is 19.1. The minimum Gasteiger partial charge on any atom is -0.462 e. The highest BCUT2D eigenvalue weighted by Gasteiger charge is 2.47. The molecule has 398 valence electrons. The topological polar surface area (TPSA) is 231 Å². The van der Waals surface area contributed by atoms with Gasteiger partial charge in [0, 0.05) is 12.8 Å². The predicted molar refractivity (Wildman–Crippen MR) is 261 cm³/mol. The number of allylic oxidation sites excluding steroid dienone is 4. The van der Waals surface area contributed by atoms with Crippen molar-refractivity contribution >= 4 is 11.9 Å². The number of esters is 2. The third-order valence-electron chi connectivity index (χ3n) is 12.9. The maximum Gasteiger partial charge on any atom is 0.306 e. The third kappa shape index (κ3) is 28.1. The van der Waals surface area contributed by atoms with Crippen LogP contribution in [0.4, 0.5) is 0 Å². The molecular formula is C53H96O15. The molecule has 11 atom stereocenters. The van der Waals surface area contributed by atoms with E-state index in [1.807, 2.05) is 0 Å². The SMILES string of the molecule is CCCCC/C=C/C/C=C/CCCCCCCCCC(=O)O[C@H](COC(=O)CCCCCCCCCCCCCCCCC)CO[C@H]1O[C@@H](CO[C@H]2O[C@@H](CO)[C@@H](O)C(O)C2O)[C@@H](O)C(O)C1O. The average Bonchev–Trinajstić information content (AvgIpc) is 3.33. The van der Waals surface area contributed by atoms with E-state index >= 15 is 0 Å². The van der Waals surface area contributed by atoms with Gasteiger partial charge < -0.3 is 64.2 Å². The Balaban J connectivity index is 1.79. The predicted octanol–water partition coefficient (Wildman–Crippen LogP) is 7.94. The maximum atomic E-state index is 13.0. The lowest BCUT2D eigenvalue weighted by molar-refractivity contribution is -0.332. The standard InChI is InChI=1S/C53H96O15/c1-3-5-7-9-11-13-15-17-19-20-22-24-26-28-30-32-34-36-45(56)66-41(38-63-44(55)35-33-31-29-27-25-23-21-18-16-14-12-10-8-6-4-2)39-64-52-51(62)49(60)47(58)43(68-52)40-65-53-50(61)48(59)46(57)42(37-54)67-53/h11,13,17,19,41-43,46-54,57-62H,3-10,12,14-16,18,20-40H2,1-2H3/b13-11+,19-17+/t41-,42+,43+,46-,47-,48?,49?,50?,51?,52+,53+/m1/s1. The molecule has 2 saturated heterocycles. The number of hydrogen-bond acceptors (Lipinski definition) is 15. The molecule has 0 aromatic carbocycles. The molecule has 0 aromatic rings. The summed E-state index contributed by atoms with van der Waals surface area (Å²) in [5.74, 6) is -0.925. The number of unbranched alkanes of at least 4 members (excludes halogenated alkanes) is 24. The van der Waals surface area contributed by atoms with Crippen LogP contribution in [0.15, 0.2) is 24.3 Å². The van der Waals surface area contributed by atoms with Crippen LogP contribution in [-0.4, -0.2) is 142 Å². The number of aliphatic hydroxyl groups is 7. The second kappa shape index (κ2) is 40.6. The first-order valence-corrected chi connectivity index (χ1v) is 26.9. The van der Waals surface area contributed by atoms with Gasteiger partial charge in [-0.15, -0.1) is 0 Å². The van der Waals surface area contributed by atoms with E-state index in [9.17, 15) is 45.3 Å². The average molecular weight is 973 g/mol. The van der Waals surface area contributed by atoms with Crippen LogP contribution in [-0.2, 0) is 38.0 Å². The van der Waals surface area contributed by atoms with Gasteiger partial charge in [0.25, 0.3) is 0 Å². The zero-order chi connectivity index (χ0) is 49.6. The van der Waals surface area contributed by atoms with Crippen molar-refractivity contribution in [2.75, 3.05) is 26.4 Å². The minimum atomic E-state index is -1.76. The first-order valence-electron chi connectivity index (χ1n) is 26.9. The Morgan fingerprint density at radius 3 is 1.40 bits per heavy atom. The summed E-state index contributed by atoms with van der Waals surface area (Å²) >= 11 is 0. The van der Waals surface area contributed by atoms with Crippen LogP contribution in [0.3, 0.4) is 0 Å². The highest BCUT2D eigenvalue weighted by atomic mass is 16.7. The van der Waals surface area contributed by atoms with E-state index in [2.05, 4.69) is 38.2 Å². The summed E-state index contributed by atoms with van der Waals surface area (Å²) < 4.78 is 33.6. The first-order chi connectivity index (χ1) is 33.0. The summed E-state index contributed by atoms with van der Waals surface area (Å²) in [6.07, 6.45) is 24.8. The molecule has 2 aliphatic rings. The largest absolute Gasteiger partial charge is 0.462 e. The summed E-state index contributed by atoms with van der Waals surface area (Å²) in [6, 6.07) is 0. The summed E-state index contributed by atoms with van der Waals surface area (Å²) in [4.78, 5) is 25.8. The molecule has 68 heavy (non-hydrogen) atoms. The van der Waals surface area contributed by atoms with Crippen molar-refractivity contribution in [3.8, 4) is 0 Å². The van der Waals surface area contributed by atoms with Crippen LogP contribution >= 0.6 is 0 Å². The summed E-state index contributed by atoms with van der Waals surface area (Å²) in [6.45, 7) is 2.58. The Kier molecular flexibility index (Phi) is 37.0. The normalized spacial score (nSPS) is 25.9. The van der Waals surface area contributed by atoms with Crippen molar-refractivity contribution in [2.24, 2.45) is 0 Å². The minimum absolute atomic E-state index is 0.159. The van der Waals surface area contributed by atoms with E-state index in [4.69, 9.17) is 28.4 Å². The van der Waals surface area contributed by atoms with E-state index in [0.717, 1.165) is 64.2 Å². The molecule has 2 rings (SSSR count). The van der Waals surface area contributed by atoms with Gasteiger partial charge in [0.2, 0.25) is 0 Å². The molecule has 15 nitrogen and oxygen atoms in total. The molecule has 2 fully saturated rings. The Morgan fingerprint density at radius 1 is 0.471 bits per heavy atom. The van der Waals surface area contributed by atoms with E-state index in [0.29, 0.717) is 12.8 Å². The van der Waals surface area contributed by atoms with E-state index in [-0.39, 0.29) is 26.1 Å². The van der Waals surface area contributed by atoms with Crippen LogP contribution < -0.4 is 0 Å². The van der Waals surface area contributed by atoms with Gasteiger partial charge in [-0.1, -0.05) is 173 Å². The molecule has 0 aromatic heterocycles. The molecule has 0 saturated carbocycles. The van der Waals surface area contributed by atoms with E-state index < -0.39 is 92.7 Å². The molecule has 0 amide bonds. The van der Waals surface area contributed by atoms with Gasteiger partial charge in [-0.05, 0) is 44.9 Å². The van der Waals surface area contributed by atoms with Crippen molar-refractivity contribution in [3.63, 3.8) is 0 Å². The van der Waals surface area contributed by atoms with Crippen molar-refractivity contribution in [2.45, 2.75) is 274 Å². The van der Waals surface area contributed by atoms with Crippen molar-refractivity contribution in [3.05, 3.63) is 24.3 Å². The van der Waals surface area contributed by atoms with Crippen molar-refractivity contribution in [1.29, 1.82) is 0 Å². The molecule has 7 N–H and O–H groups in total. The molecule has 2 heterocycles. The van der Waals surface area contributed by atoms with Gasteiger partial charge in [0.15, 0.2) is 18.7 Å². The monoisotopic (exact) mass is 973 g/mol. The van der Waals surface area contributed by atoms with Crippen LogP contribution in [0.25, 0.3) is 0 Å². The molecule has 4 unspecified atom stereocenters. The van der Waals surface area contributed by atoms with Gasteiger partial charge in [-0.3, -0.25) is 9.59 Å². The smallest absolute Gasteiger partial charge is 0.306 e. The van der Waals surface area contributed by atoms with Crippen LogP contribution in [0, 0.1) is 0 Å². The lowest BCUT2D eigenvalue weighted by Gasteiger charge is -2.42. The van der Waals surface area contributed by atoms with Crippen molar-refractivity contribution < 1.29 is 73.8 Å². The summed E-state index contributed by atoms with van der Waals surface area (Å²) in [5, 5.41) is 72.1. The molecule has 0 aliphatic carbocycles. The molecule has 0 radical (unpaired) electrons. The third-order valence-corrected chi connectivity index (χ3v) is 12.9. The Hall–Kier alpha value is -2.02. The van der Waals surface area contributed by atoms with Gasteiger partial charge in [-0.2, -0.15) is 0 Å². The fourth-order valence-corrected chi connectivity index (χ4v) is 8.48. The van der Waals surface area contributed by atoms with Gasteiger partial charge >= 0.3 is 11.9 Å². The van der Waals surface area contributed by atoms with Gasteiger partial charge in [0.05, 0.1) is 19.8 Å².